The molecule has 0 unspecified atom stereocenters. The molecule has 172 valence electrons. The molecular weight excluding hydrogens is 471 g/mol. The van der Waals surface area contributed by atoms with Crippen molar-refractivity contribution in [1.29, 1.82) is 0 Å². The van der Waals surface area contributed by atoms with Crippen LogP contribution in [0, 0.1) is 42.3 Å². The Balaban J connectivity index is 1.32. The van der Waals surface area contributed by atoms with E-state index >= 15 is 0 Å². The second-order valence-corrected chi connectivity index (χ2v) is 12.1. The Kier molecular flexibility index (Phi) is 4.34. The van der Waals surface area contributed by atoms with Gasteiger partial charge in [0.05, 0.1) is 22.5 Å². The van der Waals surface area contributed by atoms with E-state index in [1.165, 1.54) is 46.1 Å². The SMILES string of the molecule is Cc1ccc([C@@H]2c3sc(=O)[nH]c3S[C@@H]3[C@H]4C[C@@H]([C@@H]5C(=O)N(c6ccc(F)cc6)C(=O)[C@H]45)[C@@H]23)cc1. The topological polar surface area (TPSA) is 70.2 Å². The van der Waals surface area contributed by atoms with Crippen LogP contribution in [0.2, 0.25) is 0 Å². The van der Waals surface area contributed by atoms with Crippen LogP contribution < -0.4 is 9.77 Å². The molecule has 2 aliphatic carbocycles. The number of H-pyrrole nitrogens is 1. The maximum absolute atomic E-state index is 13.6. The standard InChI is InChI=1S/C26H21FN2O3S2/c1-11-2-4-12(5-3-11)17-18-15-10-16(21(18)33-23-22(17)34-26(32)28-23)20-19(15)24(30)29(25(20)31)14-8-6-13(27)7-9-14/h2-9,15-21H,10H2,1H3,(H,28,32)/t15-,16+,17+,18+,19+,20-,21-/m1/s1. The molecule has 3 aromatic rings. The summed E-state index contributed by atoms with van der Waals surface area (Å²) >= 11 is 2.96. The van der Waals surface area contributed by atoms with Crippen molar-refractivity contribution < 1.29 is 14.0 Å². The molecule has 2 aromatic carbocycles. The number of carbonyl (C=O) groups excluding carboxylic acids is 2. The number of hydrogen-bond acceptors (Lipinski definition) is 5. The Bertz CT molecular complexity index is 1400. The van der Waals surface area contributed by atoms with E-state index in [0.29, 0.717) is 5.69 Å². The van der Waals surface area contributed by atoms with Crippen LogP contribution in [0.5, 0.6) is 0 Å². The van der Waals surface area contributed by atoms with Crippen LogP contribution in [0.25, 0.3) is 0 Å². The van der Waals surface area contributed by atoms with Gasteiger partial charge < -0.3 is 4.98 Å². The third kappa shape index (κ3) is 2.69. The largest absolute Gasteiger partial charge is 0.307 e. The van der Waals surface area contributed by atoms with Crippen LogP contribution in [-0.2, 0) is 9.59 Å². The second-order valence-electron chi connectivity index (χ2n) is 9.86. The van der Waals surface area contributed by atoms with Gasteiger partial charge in [-0.05, 0) is 60.9 Å². The van der Waals surface area contributed by atoms with E-state index in [4.69, 9.17) is 0 Å². The van der Waals surface area contributed by atoms with Gasteiger partial charge in [-0.1, -0.05) is 41.2 Å². The summed E-state index contributed by atoms with van der Waals surface area (Å²) in [5.74, 6) is -1.05. The maximum atomic E-state index is 13.6. The van der Waals surface area contributed by atoms with Gasteiger partial charge in [-0.25, -0.2) is 4.39 Å². The fourth-order valence-electron chi connectivity index (χ4n) is 7.01. The molecule has 3 fully saturated rings. The molecule has 3 heterocycles. The first-order valence-corrected chi connectivity index (χ1v) is 13.2. The summed E-state index contributed by atoms with van der Waals surface area (Å²) in [6.07, 6.45) is 0.855. The average molecular weight is 493 g/mol. The number of amides is 2. The minimum absolute atomic E-state index is 0.0320. The number of carbonyl (C=O) groups is 2. The van der Waals surface area contributed by atoms with Crippen LogP contribution in [0.4, 0.5) is 10.1 Å². The molecule has 2 aliphatic heterocycles. The first-order chi connectivity index (χ1) is 16.4. The van der Waals surface area contributed by atoms with E-state index in [1.807, 2.05) is 0 Å². The number of nitrogens with zero attached hydrogens (tertiary/aromatic N) is 1. The molecule has 7 rings (SSSR count). The van der Waals surface area contributed by atoms with Crippen LogP contribution >= 0.6 is 23.1 Å². The fourth-order valence-corrected chi connectivity index (χ4v) is 9.90. The number of benzene rings is 2. The number of thiazole rings is 1. The number of aryl methyl sites for hydroxylation is 1. The average Bonchev–Trinajstić information content (AvgIpc) is 3.54. The van der Waals surface area contributed by atoms with E-state index < -0.39 is 5.82 Å². The van der Waals surface area contributed by atoms with Gasteiger partial charge in [0.2, 0.25) is 11.8 Å². The van der Waals surface area contributed by atoms with Gasteiger partial charge in [0.25, 0.3) is 0 Å². The Morgan fingerprint density at radius 2 is 1.62 bits per heavy atom. The van der Waals surface area contributed by atoms with E-state index in [2.05, 4.69) is 36.2 Å². The highest BCUT2D eigenvalue weighted by atomic mass is 32.2. The summed E-state index contributed by atoms with van der Waals surface area (Å²) in [5, 5.41) is 1.08. The summed E-state index contributed by atoms with van der Waals surface area (Å²) in [4.78, 5) is 44.8. The van der Waals surface area contributed by atoms with Crippen molar-refractivity contribution in [3.8, 4) is 0 Å². The van der Waals surface area contributed by atoms with Gasteiger partial charge in [-0.3, -0.25) is 19.3 Å². The molecule has 8 heteroatoms. The predicted octanol–water partition coefficient (Wildman–Crippen LogP) is 4.56. The number of imide groups is 1. The van der Waals surface area contributed by atoms with Crippen LogP contribution in [0.1, 0.15) is 28.3 Å². The number of thioether (sulfide) groups is 1. The van der Waals surface area contributed by atoms with Gasteiger partial charge in [0, 0.05) is 16.0 Å². The van der Waals surface area contributed by atoms with Gasteiger partial charge >= 0.3 is 4.87 Å². The zero-order chi connectivity index (χ0) is 23.3. The van der Waals surface area contributed by atoms with Crippen LogP contribution in [0.15, 0.2) is 58.4 Å². The fraction of sp³-hybridized carbons (Fsp3) is 0.346. The number of rotatable bonds is 2. The first kappa shape index (κ1) is 20.6. The monoisotopic (exact) mass is 492 g/mol. The molecule has 2 saturated carbocycles. The zero-order valence-electron chi connectivity index (χ0n) is 18.2. The van der Waals surface area contributed by atoms with E-state index in [9.17, 15) is 18.8 Å². The number of anilines is 1. The molecule has 1 saturated heterocycles. The van der Waals surface area contributed by atoms with Crippen molar-refractivity contribution in [2.24, 2.45) is 29.6 Å². The Morgan fingerprint density at radius 3 is 2.32 bits per heavy atom. The van der Waals surface area contributed by atoms with E-state index in [0.717, 1.165) is 21.9 Å². The minimum atomic E-state index is -0.397. The molecule has 5 nitrogen and oxygen atoms in total. The minimum Gasteiger partial charge on any atom is -0.307 e. The Morgan fingerprint density at radius 1 is 0.941 bits per heavy atom. The first-order valence-electron chi connectivity index (χ1n) is 11.5. The highest BCUT2D eigenvalue weighted by Crippen LogP contribution is 2.68. The summed E-state index contributed by atoms with van der Waals surface area (Å²) in [7, 11) is 0. The van der Waals surface area contributed by atoms with E-state index in [1.54, 1.807) is 11.8 Å². The summed E-state index contributed by atoms with van der Waals surface area (Å²) in [6, 6.07) is 14.1. The van der Waals surface area contributed by atoms with Crippen molar-refractivity contribution >= 4 is 40.6 Å². The number of aromatic amines is 1. The highest BCUT2D eigenvalue weighted by Gasteiger charge is 2.69. The molecule has 7 atom stereocenters. The lowest BCUT2D eigenvalue weighted by Gasteiger charge is -2.43. The zero-order valence-corrected chi connectivity index (χ0v) is 19.9. The lowest BCUT2D eigenvalue weighted by molar-refractivity contribution is -0.123. The summed E-state index contributed by atoms with van der Waals surface area (Å²) in [6.45, 7) is 2.05. The molecule has 0 spiro atoms. The van der Waals surface area contributed by atoms with Crippen molar-refractivity contribution in [2.75, 3.05) is 4.90 Å². The van der Waals surface area contributed by atoms with Crippen molar-refractivity contribution in [3.05, 3.63) is 80.0 Å². The number of halogens is 1. The summed E-state index contributed by atoms with van der Waals surface area (Å²) < 4.78 is 13.5. The molecule has 4 aliphatic rings. The quantitative estimate of drug-likeness (QED) is 0.533. The molecule has 2 amide bonds. The smallest absolute Gasteiger partial charge is 0.305 e. The molecule has 0 radical (unpaired) electrons. The number of aromatic nitrogens is 1. The Hall–Kier alpha value is -2.71. The lowest BCUT2D eigenvalue weighted by Crippen LogP contribution is -2.42. The molecular formula is C26H21FN2O3S2. The highest BCUT2D eigenvalue weighted by molar-refractivity contribution is 8.00. The molecule has 34 heavy (non-hydrogen) atoms. The van der Waals surface area contributed by atoms with Gasteiger partial charge in [0.15, 0.2) is 0 Å². The lowest BCUT2D eigenvalue weighted by atomic mass is 9.68. The number of nitrogens with one attached hydrogen (secondary N) is 1. The van der Waals surface area contributed by atoms with Crippen molar-refractivity contribution in [1.82, 2.24) is 4.98 Å². The molecule has 1 aromatic heterocycles. The van der Waals surface area contributed by atoms with Crippen molar-refractivity contribution in [2.45, 2.75) is 29.5 Å². The maximum Gasteiger partial charge on any atom is 0.305 e. The van der Waals surface area contributed by atoms with Gasteiger partial charge in [0.1, 0.15) is 5.82 Å². The number of fused-ring (bicyclic) bond motifs is 9. The van der Waals surface area contributed by atoms with Crippen LogP contribution in [0.3, 0.4) is 0 Å². The molecule has 2 bridgehead atoms. The van der Waals surface area contributed by atoms with Crippen molar-refractivity contribution in [3.63, 3.8) is 0 Å². The van der Waals surface area contributed by atoms with E-state index in [-0.39, 0.29) is 57.4 Å². The molecule has 1 N–H and O–H groups in total. The normalized spacial score (nSPS) is 33.2. The predicted molar refractivity (Wildman–Crippen MR) is 129 cm³/mol. The third-order valence-electron chi connectivity index (χ3n) is 8.25. The Labute approximate surface area is 203 Å². The number of hydrogen-bond donors (Lipinski definition) is 1. The van der Waals surface area contributed by atoms with Gasteiger partial charge in [-0.2, -0.15) is 0 Å². The third-order valence-corrected chi connectivity index (χ3v) is 10.8. The second kappa shape index (κ2) is 7.15. The van der Waals surface area contributed by atoms with Gasteiger partial charge in [-0.15, -0.1) is 11.8 Å². The summed E-state index contributed by atoms with van der Waals surface area (Å²) in [5.41, 5.74) is 2.78. The van der Waals surface area contributed by atoms with Crippen LogP contribution in [-0.4, -0.2) is 22.0 Å².